The molecule has 0 saturated heterocycles. The maximum absolute atomic E-state index is 13.8. The normalized spacial score (nSPS) is 10.9. The summed E-state index contributed by atoms with van der Waals surface area (Å²) >= 11 is 5.96. The number of carbonyl (C=O) groups is 1. The molecule has 0 radical (unpaired) electrons. The van der Waals surface area contributed by atoms with Crippen LogP contribution in [0.4, 0.5) is 14.5 Å². The van der Waals surface area contributed by atoms with Gasteiger partial charge in [0.2, 0.25) is 11.9 Å². The van der Waals surface area contributed by atoms with E-state index in [0.717, 1.165) is 17.0 Å². The second-order valence-electron chi connectivity index (χ2n) is 5.42. The highest BCUT2D eigenvalue weighted by molar-refractivity contribution is 6.34. The van der Waals surface area contributed by atoms with Crippen LogP contribution in [0.2, 0.25) is 5.15 Å². The van der Waals surface area contributed by atoms with Gasteiger partial charge in [0.05, 0.1) is 16.9 Å². The first-order valence-electron chi connectivity index (χ1n) is 7.31. The number of carbonyl (C=O) groups excluding carboxylic acids is 1. The molecule has 0 saturated carbocycles. The number of fused-ring (bicyclic) bond motifs is 1. The van der Waals surface area contributed by atoms with E-state index in [1.807, 2.05) is 0 Å². The maximum atomic E-state index is 13.8. The molecule has 0 aliphatic rings. The van der Waals surface area contributed by atoms with Gasteiger partial charge in [-0.3, -0.25) is 9.89 Å². The molecule has 1 amide bonds. The number of aromatic nitrogens is 3. The molecular formula is C17H13ClF2N4O. The van der Waals surface area contributed by atoms with Gasteiger partial charge in [-0.15, -0.1) is 0 Å². The number of amides is 1. The third-order valence-corrected chi connectivity index (χ3v) is 4.07. The van der Waals surface area contributed by atoms with Crippen LogP contribution < -0.4 is 5.32 Å². The Kier molecular flexibility index (Phi) is 4.50. The first kappa shape index (κ1) is 17.0. The maximum Gasteiger partial charge on any atom is 0.249 e. The molecule has 0 fully saturated rings. The van der Waals surface area contributed by atoms with E-state index < -0.39 is 17.7 Å². The predicted molar refractivity (Wildman–Crippen MR) is 91.6 cm³/mol. The van der Waals surface area contributed by atoms with Crippen LogP contribution in [0, 0.1) is 18.7 Å². The van der Waals surface area contributed by atoms with E-state index in [2.05, 4.69) is 27.1 Å². The number of pyridine rings is 1. The molecule has 0 spiro atoms. The number of benzene rings is 1. The standard InChI is InChI=1S/C17H13ClF2N4O/c1-3-13(25)22-15-8(2)14(19)17(20)21-12(15)7-9-4-5-10-11(6-9)23-24-16(10)18/h3-6H,1,7H2,2H3,(H,22,25)(H,23,24). The zero-order valence-electron chi connectivity index (χ0n) is 13.2. The predicted octanol–water partition coefficient (Wildman–Crippen LogP) is 3.91. The van der Waals surface area contributed by atoms with Gasteiger partial charge >= 0.3 is 0 Å². The van der Waals surface area contributed by atoms with Crippen molar-refractivity contribution in [2.75, 3.05) is 5.32 Å². The smallest absolute Gasteiger partial charge is 0.249 e. The summed E-state index contributed by atoms with van der Waals surface area (Å²) in [6.45, 7) is 4.73. The molecule has 0 atom stereocenters. The summed E-state index contributed by atoms with van der Waals surface area (Å²) in [5.74, 6) is -2.85. The second-order valence-corrected chi connectivity index (χ2v) is 5.80. The van der Waals surface area contributed by atoms with Gasteiger partial charge in [-0.05, 0) is 30.7 Å². The Bertz CT molecular complexity index is 1000. The molecular weight excluding hydrogens is 350 g/mol. The number of hydrogen-bond acceptors (Lipinski definition) is 3. The molecule has 3 rings (SSSR count). The highest BCUT2D eigenvalue weighted by atomic mass is 35.5. The van der Waals surface area contributed by atoms with Crippen molar-refractivity contribution in [3.8, 4) is 0 Å². The van der Waals surface area contributed by atoms with Gasteiger partial charge in [-0.1, -0.05) is 24.2 Å². The number of hydrogen-bond donors (Lipinski definition) is 2. The molecule has 25 heavy (non-hydrogen) atoms. The molecule has 8 heteroatoms. The Morgan fingerprint density at radius 3 is 2.92 bits per heavy atom. The monoisotopic (exact) mass is 362 g/mol. The molecule has 0 aliphatic carbocycles. The van der Waals surface area contributed by atoms with Crippen LogP contribution in [0.15, 0.2) is 30.9 Å². The zero-order valence-corrected chi connectivity index (χ0v) is 13.9. The number of halogens is 3. The lowest BCUT2D eigenvalue weighted by atomic mass is 10.0. The number of aromatic amines is 1. The van der Waals surface area contributed by atoms with E-state index in [-0.39, 0.29) is 23.4 Å². The summed E-state index contributed by atoms with van der Waals surface area (Å²) in [5, 5.41) is 10.4. The van der Waals surface area contributed by atoms with E-state index in [0.29, 0.717) is 10.7 Å². The number of rotatable bonds is 4. The minimum Gasteiger partial charge on any atom is -0.321 e. The number of nitrogens with zero attached hydrogens (tertiary/aromatic N) is 2. The fraction of sp³-hybridized carbons (Fsp3) is 0.118. The van der Waals surface area contributed by atoms with Crippen molar-refractivity contribution in [2.24, 2.45) is 0 Å². The van der Waals surface area contributed by atoms with Crippen molar-refractivity contribution in [3.63, 3.8) is 0 Å². The van der Waals surface area contributed by atoms with Crippen LogP contribution in [-0.4, -0.2) is 21.1 Å². The second kappa shape index (κ2) is 6.60. The Labute approximate surface area is 146 Å². The van der Waals surface area contributed by atoms with Crippen molar-refractivity contribution < 1.29 is 13.6 Å². The van der Waals surface area contributed by atoms with Crippen molar-refractivity contribution in [3.05, 3.63) is 64.6 Å². The van der Waals surface area contributed by atoms with Gasteiger partial charge in [0.25, 0.3) is 0 Å². The number of nitrogens with one attached hydrogen (secondary N) is 2. The lowest BCUT2D eigenvalue weighted by molar-refractivity contribution is -0.111. The zero-order chi connectivity index (χ0) is 18.1. The summed E-state index contributed by atoms with van der Waals surface area (Å²) in [6, 6.07) is 5.31. The first-order valence-corrected chi connectivity index (χ1v) is 7.69. The van der Waals surface area contributed by atoms with E-state index in [1.54, 1.807) is 18.2 Å². The highest BCUT2D eigenvalue weighted by Crippen LogP contribution is 2.27. The van der Waals surface area contributed by atoms with Crippen LogP contribution in [0.1, 0.15) is 16.8 Å². The van der Waals surface area contributed by atoms with Crippen LogP contribution in [0.5, 0.6) is 0 Å². The van der Waals surface area contributed by atoms with Crippen LogP contribution in [0.3, 0.4) is 0 Å². The summed E-state index contributed by atoms with van der Waals surface area (Å²) < 4.78 is 27.6. The molecule has 0 unspecified atom stereocenters. The van der Waals surface area contributed by atoms with E-state index in [4.69, 9.17) is 11.6 Å². The third-order valence-electron chi connectivity index (χ3n) is 3.79. The molecule has 2 aromatic heterocycles. The fourth-order valence-electron chi connectivity index (χ4n) is 2.50. The van der Waals surface area contributed by atoms with E-state index in [1.165, 1.54) is 6.92 Å². The number of H-pyrrole nitrogens is 1. The Balaban J connectivity index is 2.04. The molecule has 0 bridgehead atoms. The van der Waals surface area contributed by atoms with Crippen molar-refractivity contribution in [1.29, 1.82) is 0 Å². The van der Waals surface area contributed by atoms with Gasteiger partial charge in [-0.2, -0.15) is 9.49 Å². The summed E-state index contributed by atoms with van der Waals surface area (Å²) in [6.07, 6.45) is 1.22. The van der Waals surface area contributed by atoms with Crippen molar-refractivity contribution in [1.82, 2.24) is 15.2 Å². The molecule has 2 heterocycles. The van der Waals surface area contributed by atoms with Crippen molar-refractivity contribution in [2.45, 2.75) is 13.3 Å². The Morgan fingerprint density at radius 2 is 2.20 bits per heavy atom. The van der Waals surface area contributed by atoms with E-state index in [9.17, 15) is 13.6 Å². The molecule has 2 N–H and O–H groups in total. The number of anilines is 1. The van der Waals surface area contributed by atoms with Gasteiger partial charge in [0, 0.05) is 17.4 Å². The Morgan fingerprint density at radius 1 is 1.44 bits per heavy atom. The third kappa shape index (κ3) is 3.23. The summed E-state index contributed by atoms with van der Waals surface area (Å²) in [7, 11) is 0. The topological polar surface area (TPSA) is 70.7 Å². The van der Waals surface area contributed by atoms with Crippen LogP contribution in [-0.2, 0) is 11.2 Å². The fourth-order valence-corrected chi connectivity index (χ4v) is 2.70. The SMILES string of the molecule is C=CC(=O)Nc1c(Cc2ccc3c(Cl)[nH]nc3c2)nc(F)c(F)c1C. The lowest BCUT2D eigenvalue weighted by Crippen LogP contribution is -2.14. The van der Waals surface area contributed by atoms with E-state index >= 15 is 0 Å². The van der Waals surface area contributed by atoms with Gasteiger partial charge < -0.3 is 5.32 Å². The quantitative estimate of drug-likeness (QED) is 0.546. The largest absolute Gasteiger partial charge is 0.321 e. The van der Waals surface area contributed by atoms with Crippen LogP contribution >= 0.6 is 11.6 Å². The highest BCUT2D eigenvalue weighted by Gasteiger charge is 2.19. The molecule has 3 aromatic rings. The lowest BCUT2D eigenvalue weighted by Gasteiger charge is -2.13. The molecule has 1 aromatic carbocycles. The summed E-state index contributed by atoms with van der Waals surface area (Å²) in [5.41, 5.74) is 1.69. The first-order chi connectivity index (χ1) is 11.9. The van der Waals surface area contributed by atoms with Crippen molar-refractivity contribution >= 4 is 34.1 Å². The van der Waals surface area contributed by atoms with Crippen LogP contribution in [0.25, 0.3) is 10.9 Å². The Hall–Kier alpha value is -2.80. The minimum absolute atomic E-state index is 0.0263. The minimum atomic E-state index is -1.21. The molecule has 5 nitrogen and oxygen atoms in total. The molecule has 0 aliphatic heterocycles. The van der Waals surface area contributed by atoms with Gasteiger partial charge in [-0.25, -0.2) is 9.37 Å². The average Bonchev–Trinajstić information content (AvgIpc) is 2.96. The summed E-state index contributed by atoms with van der Waals surface area (Å²) in [4.78, 5) is 15.3. The van der Waals surface area contributed by atoms with Gasteiger partial charge in [0.1, 0.15) is 5.15 Å². The average molecular weight is 363 g/mol. The molecule has 128 valence electrons. The van der Waals surface area contributed by atoms with Gasteiger partial charge in [0.15, 0.2) is 5.82 Å².